The van der Waals surface area contributed by atoms with Crippen molar-refractivity contribution in [3.8, 4) is 0 Å². The van der Waals surface area contributed by atoms with Crippen LogP contribution >= 0.6 is 15.9 Å². The summed E-state index contributed by atoms with van der Waals surface area (Å²) in [7, 11) is 0. The molecule has 140 valence electrons. The summed E-state index contributed by atoms with van der Waals surface area (Å²) in [5.74, 6) is -0.821. The van der Waals surface area contributed by atoms with Crippen molar-refractivity contribution in [3.05, 3.63) is 88.0 Å². The highest BCUT2D eigenvalue weighted by molar-refractivity contribution is 9.10. The molecule has 2 amide bonds. The first-order chi connectivity index (χ1) is 13.4. The molecule has 28 heavy (non-hydrogen) atoms. The molecule has 8 heteroatoms. The molecule has 0 aliphatic carbocycles. The van der Waals surface area contributed by atoms with Crippen LogP contribution in [-0.2, 0) is 0 Å². The Hall–Kier alpha value is -3.52. The second kappa shape index (κ2) is 8.01. The molecular weight excluding hydrogens is 422 g/mol. The zero-order chi connectivity index (χ0) is 20.3. The van der Waals surface area contributed by atoms with E-state index in [9.17, 15) is 9.59 Å². The van der Waals surface area contributed by atoms with Crippen LogP contribution in [0.4, 0.5) is 11.5 Å². The summed E-state index contributed by atoms with van der Waals surface area (Å²) < 4.78 is 0.748. The maximum Gasteiger partial charge on any atom is 0.264 e. The lowest BCUT2D eigenvalue weighted by molar-refractivity contribution is 0.0998. The summed E-state index contributed by atoms with van der Waals surface area (Å²) in [4.78, 5) is 30.9. The molecule has 5 N–H and O–H groups in total. The van der Waals surface area contributed by atoms with Gasteiger partial charge >= 0.3 is 0 Å². The number of anilines is 2. The Bertz CT molecular complexity index is 1050. The van der Waals surface area contributed by atoms with Crippen molar-refractivity contribution in [2.75, 3.05) is 4.90 Å². The Morgan fingerprint density at radius 3 is 2.14 bits per heavy atom. The molecule has 2 aromatic carbocycles. The predicted octanol–water partition coefficient (Wildman–Crippen LogP) is 3.21. The van der Waals surface area contributed by atoms with Gasteiger partial charge in [0.25, 0.3) is 11.8 Å². The van der Waals surface area contributed by atoms with Crippen LogP contribution in [0.2, 0.25) is 0 Å². The molecule has 1 aromatic heterocycles. The number of hydrogen-bond acceptors (Lipinski definition) is 4. The molecule has 3 rings (SSSR count). The number of carbonyl (C=O) groups is 2. The number of halogens is 1. The number of hydrogen-bond donors (Lipinski definition) is 3. The van der Waals surface area contributed by atoms with Crippen LogP contribution in [-0.4, -0.2) is 22.6 Å². The van der Waals surface area contributed by atoms with E-state index in [1.54, 1.807) is 66.9 Å². The van der Waals surface area contributed by atoms with Gasteiger partial charge in [0.1, 0.15) is 11.7 Å². The second-order valence-electron chi connectivity index (χ2n) is 5.85. The fourth-order valence-corrected chi connectivity index (χ4v) is 2.87. The topological polar surface area (TPSA) is 126 Å². The number of nitrogens with one attached hydrogen (secondary N) is 1. The number of pyridine rings is 1. The van der Waals surface area contributed by atoms with Gasteiger partial charge in [0.05, 0.1) is 11.3 Å². The summed E-state index contributed by atoms with van der Waals surface area (Å²) >= 11 is 3.32. The lowest BCUT2D eigenvalue weighted by Gasteiger charge is -2.24. The maximum absolute atomic E-state index is 13.3. The minimum Gasteiger partial charge on any atom is -0.384 e. The van der Waals surface area contributed by atoms with Crippen LogP contribution < -0.4 is 16.4 Å². The number of benzene rings is 2. The number of para-hydroxylation sites is 1. The molecule has 1 heterocycles. The van der Waals surface area contributed by atoms with Crippen LogP contribution in [0.25, 0.3) is 0 Å². The number of nitrogen functional groups attached to an aromatic ring is 1. The Balaban J connectivity index is 2.14. The van der Waals surface area contributed by atoms with Gasteiger partial charge in [-0.2, -0.15) is 0 Å². The molecule has 0 fully saturated rings. The third-order valence-corrected chi connectivity index (χ3v) is 4.47. The van der Waals surface area contributed by atoms with Gasteiger partial charge in [-0.05, 0) is 52.3 Å². The highest BCUT2D eigenvalue weighted by atomic mass is 79.9. The maximum atomic E-state index is 13.3. The van der Waals surface area contributed by atoms with Crippen molar-refractivity contribution in [2.24, 2.45) is 11.5 Å². The van der Waals surface area contributed by atoms with E-state index in [4.69, 9.17) is 16.9 Å². The normalized spacial score (nSPS) is 10.3. The fourth-order valence-electron chi connectivity index (χ4n) is 2.64. The molecule has 0 saturated heterocycles. The fraction of sp³-hybridized carbons (Fsp3) is 0. The zero-order valence-electron chi connectivity index (χ0n) is 14.6. The number of nitrogens with zero attached hydrogens (tertiary/aromatic N) is 2. The quantitative estimate of drug-likeness (QED) is 0.418. The zero-order valence-corrected chi connectivity index (χ0v) is 16.2. The van der Waals surface area contributed by atoms with Crippen molar-refractivity contribution >= 4 is 45.1 Å². The first kappa shape index (κ1) is 19.2. The molecule has 7 nitrogen and oxygen atoms in total. The van der Waals surface area contributed by atoms with Gasteiger partial charge in [-0.3, -0.25) is 19.9 Å². The number of primary amides is 1. The van der Waals surface area contributed by atoms with Crippen LogP contribution in [0, 0.1) is 5.41 Å². The lowest BCUT2D eigenvalue weighted by Crippen LogP contribution is -2.29. The van der Waals surface area contributed by atoms with E-state index in [0.717, 1.165) is 4.47 Å². The molecule has 3 aromatic rings. The smallest absolute Gasteiger partial charge is 0.264 e. The van der Waals surface area contributed by atoms with Gasteiger partial charge in [0, 0.05) is 21.8 Å². The number of aromatic nitrogens is 1. The molecule has 0 unspecified atom stereocenters. The largest absolute Gasteiger partial charge is 0.384 e. The summed E-state index contributed by atoms with van der Waals surface area (Å²) in [5, 5.41) is 7.48. The van der Waals surface area contributed by atoms with Gasteiger partial charge in [-0.15, -0.1) is 0 Å². The van der Waals surface area contributed by atoms with Crippen LogP contribution in [0.1, 0.15) is 26.3 Å². The van der Waals surface area contributed by atoms with E-state index in [-0.39, 0.29) is 11.4 Å². The average molecular weight is 438 g/mol. The van der Waals surface area contributed by atoms with Gasteiger partial charge in [-0.1, -0.05) is 24.3 Å². The van der Waals surface area contributed by atoms with Crippen LogP contribution in [0.15, 0.2) is 71.3 Å². The highest BCUT2D eigenvalue weighted by Crippen LogP contribution is 2.30. The monoisotopic (exact) mass is 437 g/mol. The van der Waals surface area contributed by atoms with Crippen molar-refractivity contribution in [1.29, 1.82) is 5.41 Å². The van der Waals surface area contributed by atoms with Gasteiger partial charge < -0.3 is 11.5 Å². The molecule has 0 spiro atoms. The first-order valence-electron chi connectivity index (χ1n) is 8.18. The first-order valence-corrected chi connectivity index (χ1v) is 8.97. The number of rotatable bonds is 5. The number of amidine groups is 1. The second-order valence-corrected chi connectivity index (χ2v) is 6.76. The lowest BCUT2D eigenvalue weighted by atomic mass is 10.1. The van der Waals surface area contributed by atoms with E-state index in [1.807, 2.05) is 0 Å². The molecule has 0 atom stereocenters. The van der Waals surface area contributed by atoms with Crippen molar-refractivity contribution < 1.29 is 9.59 Å². The third-order valence-electron chi connectivity index (χ3n) is 4.00. The molecule has 0 aliphatic heterocycles. The van der Waals surface area contributed by atoms with Crippen molar-refractivity contribution in [2.45, 2.75) is 0 Å². The molecule has 0 saturated carbocycles. The number of carbonyl (C=O) groups excluding carboxylic acids is 2. The summed E-state index contributed by atoms with van der Waals surface area (Å²) in [5.41, 5.74) is 12.3. The third kappa shape index (κ3) is 3.91. The van der Waals surface area contributed by atoms with E-state index in [2.05, 4.69) is 20.9 Å². The SMILES string of the molecule is N=C(N)c1ccc(C(=O)N(c2ccc(Br)cn2)c2ccccc2C(N)=O)cc1. The molecule has 0 radical (unpaired) electrons. The number of nitrogens with two attached hydrogens (primary N) is 2. The van der Waals surface area contributed by atoms with Crippen molar-refractivity contribution in [3.63, 3.8) is 0 Å². The Labute approximate surface area is 169 Å². The summed E-state index contributed by atoms with van der Waals surface area (Å²) in [6.07, 6.45) is 1.56. The molecule has 0 bridgehead atoms. The predicted molar refractivity (Wildman–Crippen MR) is 111 cm³/mol. The molecular formula is C20H16BrN5O2. The van der Waals surface area contributed by atoms with E-state index in [1.165, 1.54) is 4.90 Å². The molecule has 0 aliphatic rings. The van der Waals surface area contributed by atoms with Gasteiger partial charge in [0.15, 0.2) is 0 Å². The average Bonchev–Trinajstić information content (AvgIpc) is 2.70. The van der Waals surface area contributed by atoms with E-state index < -0.39 is 11.8 Å². The number of amides is 2. The van der Waals surface area contributed by atoms with E-state index >= 15 is 0 Å². The standard InChI is InChI=1S/C20H16BrN5O2/c21-14-9-10-17(25-11-14)26(16-4-2-1-3-15(16)19(24)27)20(28)13-7-5-12(6-8-13)18(22)23/h1-11H,(H3,22,23)(H2,24,27). The minimum atomic E-state index is -0.655. The van der Waals surface area contributed by atoms with Gasteiger partial charge in [-0.25, -0.2) is 4.98 Å². The van der Waals surface area contributed by atoms with Crippen LogP contribution in [0.5, 0.6) is 0 Å². The van der Waals surface area contributed by atoms with E-state index in [0.29, 0.717) is 22.6 Å². The Morgan fingerprint density at radius 2 is 1.57 bits per heavy atom. The van der Waals surface area contributed by atoms with Crippen LogP contribution in [0.3, 0.4) is 0 Å². The summed E-state index contributed by atoms with van der Waals surface area (Å²) in [6, 6.07) is 16.3. The Kier molecular flexibility index (Phi) is 5.51. The van der Waals surface area contributed by atoms with Gasteiger partial charge in [0.2, 0.25) is 0 Å². The Morgan fingerprint density at radius 1 is 0.929 bits per heavy atom. The highest BCUT2D eigenvalue weighted by Gasteiger charge is 2.24. The minimum absolute atomic E-state index is 0.0931. The summed E-state index contributed by atoms with van der Waals surface area (Å²) in [6.45, 7) is 0. The van der Waals surface area contributed by atoms with Crippen molar-refractivity contribution in [1.82, 2.24) is 4.98 Å².